The number of imidazole rings is 1. The number of aromatic nitrogens is 4. The van der Waals surface area contributed by atoms with Crippen molar-refractivity contribution in [3.8, 4) is 0 Å². The third-order valence-electron chi connectivity index (χ3n) is 4.79. The van der Waals surface area contributed by atoms with Gasteiger partial charge in [-0.15, -0.1) is 0 Å². The molecule has 9 nitrogen and oxygen atoms in total. The van der Waals surface area contributed by atoms with E-state index in [4.69, 9.17) is 20.9 Å². The molecule has 0 aliphatic carbocycles. The second-order valence-electron chi connectivity index (χ2n) is 6.59. The molecule has 0 amide bonds. The maximum Gasteiger partial charge on any atom is 0.167 e. The Hall–Kier alpha value is -1.81. The van der Waals surface area contributed by atoms with Gasteiger partial charge in [0.15, 0.2) is 17.7 Å². The highest BCUT2D eigenvalue weighted by atomic mass is 16.6. The first kappa shape index (κ1) is 19.0. The van der Waals surface area contributed by atoms with Crippen LogP contribution >= 0.6 is 0 Å². The quantitative estimate of drug-likeness (QED) is 0.561. The number of nitrogens with zero attached hydrogens (tertiary/aromatic N) is 4. The molecule has 0 radical (unpaired) electrons. The highest BCUT2D eigenvalue weighted by molar-refractivity contribution is 5.81. The van der Waals surface area contributed by atoms with Crippen LogP contribution in [-0.4, -0.2) is 56.1 Å². The summed E-state index contributed by atoms with van der Waals surface area (Å²) in [5.74, 6) is 0.316. The number of hydrogen-bond acceptors (Lipinski definition) is 8. The van der Waals surface area contributed by atoms with Gasteiger partial charge in [0.25, 0.3) is 0 Å². The number of nitrogens with two attached hydrogens (primary N) is 2. The molecule has 2 aromatic heterocycles. The number of aliphatic hydroxyl groups is 1. The molecule has 3 heterocycles. The molecule has 26 heavy (non-hydrogen) atoms. The zero-order valence-electron chi connectivity index (χ0n) is 15.1. The van der Waals surface area contributed by atoms with E-state index >= 15 is 0 Å². The van der Waals surface area contributed by atoms with Gasteiger partial charge in [-0.3, -0.25) is 4.57 Å². The van der Waals surface area contributed by atoms with Crippen LogP contribution in [0.1, 0.15) is 45.3 Å². The molecule has 3 rings (SSSR count). The van der Waals surface area contributed by atoms with Crippen LogP contribution in [0.5, 0.6) is 0 Å². The summed E-state index contributed by atoms with van der Waals surface area (Å²) < 4.78 is 13.8. The smallest absolute Gasteiger partial charge is 0.167 e. The van der Waals surface area contributed by atoms with E-state index in [1.165, 1.54) is 6.33 Å². The fourth-order valence-electron chi connectivity index (χ4n) is 3.34. The summed E-state index contributed by atoms with van der Waals surface area (Å²) in [5.41, 5.74) is 12.5. The van der Waals surface area contributed by atoms with Gasteiger partial charge in [-0.1, -0.05) is 19.8 Å². The molecule has 1 unspecified atom stereocenters. The van der Waals surface area contributed by atoms with Crippen LogP contribution < -0.4 is 11.5 Å². The van der Waals surface area contributed by atoms with E-state index in [-0.39, 0.29) is 6.10 Å². The lowest BCUT2D eigenvalue weighted by molar-refractivity contribution is -0.0677. The molecule has 5 N–H and O–H groups in total. The maximum atomic E-state index is 10.6. The molecule has 0 spiro atoms. The van der Waals surface area contributed by atoms with Gasteiger partial charge in [-0.05, 0) is 25.8 Å². The third-order valence-corrected chi connectivity index (χ3v) is 4.79. The minimum Gasteiger partial charge on any atom is -0.388 e. The number of ether oxygens (including phenoxy) is 2. The predicted molar refractivity (Wildman–Crippen MR) is 97.2 cm³/mol. The zero-order chi connectivity index (χ0) is 18.5. The summed E-state index contributed by atoms with van der Waals surface area (Å²) >= 11 is 0. The van der Waals surface area contributed by atoms with Crippen molar-refractivity contribution >= 4 is 17.0 Å². The van der Waals surface area contributed by atoms with Gasteiger partial charge in [0.05, 0.1) is 12.4 Å². The molecule has 1 aliphatic rings. The highest BCUT2D eigenvalue weighted by Crippen LogP contribution is 2.35. The summed E-state index contributed by atoms with van der Waals surface area (Å²) in [4.78, 5) is 12.5. The Kier molecular flexibility index (Phi) is 6.36. The van der Waals surface area contributed by atoms with Crippen molar-refractivity contribution in [3.63, 3.8) is 0 Å². The Morgan fingerprint density at radius 2 is 2.04 bits per heavy atom. The number of fused-ring (bicyclic) bond motifs is 1. The Morgan fingerprint density at radius 3 is 2.81 bits per heavy atom. The molecule has 0 saturated carbocycles. The van der Waals surface area contributed by atoms with Gasteiger partial charge in [0.2, 0.25) is 0 Å². The number of nitrogen functional groups attached to an aromatic ring is 1. The van der Waals surface area contributed by atoms with Crippen LogP contribution in [0.2, 0.25) is 0 Å². The summed E-state index contributed by atoms with van der Waals surface area (Å²) in [5, 5.41) is 10.6. The Bertz CT molecular complexity index is 709. The van der Waals surface area contributed by atoms with Crippen molar-refractivity contribution in [2.24, 2.45) is 5.73 Å². The zero-order valence-corrected chi connectivity index (χ0v) is 15.1. The van der Waals surface area contributed by atoms with E-state index in [1.54, 1.807) is 10.9 Å². The van der Waals surface area contributed by atoms with Crippen LogP contribution in [-0.2, 0) is 9.47 Å². The molecular formula is C17H28N6O3. The van der Waals surface area contributed by atoms with Crippen LogP contribution in [0.3, 0.4) is 0 Å². The molecule has 9 heteroatoms. The fourth-order valence-corrected chi connectivity index (χ4v) is 3.34. The number of unbranched alkanes of at least 4 members (excludes halogenated alkanes) is 3. The first-order valence-corrected chi connectivity index (χ1v) is 9.25. The second kappa shape index (κ2) is 8.72. The van der Waals surface area contributed by atoms with Crippen molar-refractivity contribution < 1.29 is 14.6 Å². The van der Waals surface area contributed by atoms with Crippen LogP contribution in [0.15, 0.2) is 12.7 Å². The Labute approximate surface area is 152 Å². The number of aliphatic hydroxyl groups excluding tert-OH is 1. The second-order valence-corrected chi connectivity index (χ2v) is 6.59. The minimum absolute atomic E-state index is 0.293. The lowest BCUT2D eigenvalue weighted by atomic mass is 10.1. The van der Waals surface area contributed by atoms with Crippen LogP contribution in [0.4, 0.5) is 5.82 Å². The average molecular weight is 364 g/mol. The molecule has 1 saturated heterocycles. The Morgan fingerprint density at radius 1 is 1.23 bits per heavy atom. The highest BCUT2D eigenvalue weighted by Gasteiger charge is 2.45. The van der Waals surface area contributed by atoms with E-state index in [0.717, 1.165) is 32.2 Å². The molecule has 1 fully saturated rings. The van der Waals surface area contributed by atoms with Crippen LogP contribution in [0, 0.1) is 0 Å². The average Bonchev–Trinajstić information content (AvgIpc) is 3.20. The van der Waals surface area contributed by atoms with Crippen molar-refractivity contribution in [2.75, 3.05) is 18.9 Å². The van der Waals surface area contributed by atoms with Gasteiger partial charge in [0, 0.05) is 6.61 Å². The molecule has 1 aliphatic heterocycles. The first-order chi connectivity index (χ1) is 12.7. The molecular weight excluding hydrogens is 336 g/mol. The lowest BCUT2D eigenvalue weighted by Gasteiger charge is -2.22. The Balaban J connectivity index is 1.73. The molecule has 2 aromatic rings. The van der Waals surface area contributed by atoms with E-state index in [0.29, 0.717) is 30.0 Å². The summed E-state index contributed by atoms with van der Waals surface area (Å²) in [6, 6.07) is 0. The normalized spacial score (nSPS) is 26.0. The van der Waals surface area contributed by atoms with Crippen molar-refractivity contribution in [1.29, 1.82) is 0 Å². The third kappa shape index (κ3) is 3.80. The standard InChI is InChI=1S/C17H28N6O3/c1-2-11-13(24)14(25-8-6-4-3-5-7-18)17(26-11)23-10-22-12-15(19)20-9-21-16(12)23/h9-11,13-14,17,24H,2-8,18H2,1H3,(H2,19,20,21)/t11-,13+,14?,17-/m1/s1. The van der Waals surface area contributed by atoms with Crippen LogP contribution in [0.25, 0.3) is 11.2 Å². The van der Waals surface area contributed by atoms with E-state index < -0.39 is 18.4 Å². The maximum absolute atomic E-state index is 10.6. The predicted octanol–water partition coefficient (Wildman–Crippen LogP) is 0.981. The largest absolute Gasteiger partial charge is 0.388 e. The van der Waals surface area contributed by atoms with Crippen molar-refractivity contribution in [1.82, 2.24) is 19.5 Å². The van der Waals surface area contributed by atoms with Gasteiger partial charge in [-0.2, -0.15) is 0 Å². The van der Waals surface area contributed by atoms with E-state index in [9.17, 15) is 5.11 Å². The lowest BCUT2D eigenvalue weighted by Crippen LogP contribution is -2.34. The van der Waals surface area contributed by atoms with E-state index in [1.807, 2.05) is 6.92 Å². The van der Waals surface area contributed by atoms with Gasteiger partial charge < -0.3 is 26.0 Å². The monoisotopic (exact) mass is 364 g/mol. The molecule has 4 atom stereocenters. The van der Waals surface area contributed by atoms with Gasteiger partial charge in [-0.25, -0.2) is 15.0 Å². The summed E-state index contributed by atoms with van der Waals surface area (Å²) in [7, 11) is 0. The van der Waals surface area contributed by atoms with E-state index in [2.05, 4.69) is 15.0 Å². The molecule has 0 aromatic carbocycles. The molecule has 0 bridgehead atoms. The minimum atomic E-state index is -0.703. The number of anilines is 1. The first-order valence-electron chi connectivity index (χ1n) is 9.25. The molecule has 144 valence electrons. The number of rotatable bonds is 9. The fraction of sp³-hybridized carbons (Fsp3) is 0.706. The van der Waals surface area contributed by atoms with Gasteiger partial charge >= 0.3 is 0 Å². The topological polar surface area (TPSA) is 134 Å². The van der Waals surface area contributed by atoms with Crippen molar-refractivity contribution in [2.45, 2.75) is 63.6 Å². The van der Waals surface area contributed by atoms with Crippen molar-refractivity contribution in [3.05, 3.63) is 12.7 Å². The summed E-state index contributed by atoms with van der Waals surface area (Å²) in [6.45, 7) is 3.26. The summed E-state index contributed by atoms with van der Waals surface area (Å²) in [6.07, 6.45) is 5.82. The van der Waals surface area contributed by atoms with Gasteiger partial charge in [0.1, 0.15) is 24.1 Å². The SMILES string of the molecule is CC[C@H]1O[C@@H](n2cnc3c(N)ncnc32)C(OCCCCCCN)[C@H]1O. The number of hydrogen-bond donors (Lipinski definition) is 3.